The van der Waals surface area contributed by atoms with Gasteiger partial charge in [0.1, 0.15) is 0 Å². The summed E-state index contributed by atoms with van der Waals surface area (Å²) >= 11 is 5.64. The van der Waals surface area contributed by atoms with Crippen molar-refractivity contribution in [3.05, 3.63) is 12.4 Å². The lowest BCUT2D eigenvalue weighted by Crippen LogP contribution is -2.20. The quantitative estimate of drug-likeness (QED) is 0.530. The van der Waals surface area contributed by atoms with Gasteiger partial charge in [-0.25, -0.2) is 0 Å². The number of hydrogen-bond acceptors (Lipinski definition) is 4. The summed E-state index contributed by atoms with van der Waals surface area (Å²) in [5.41, 5.74) is 0. The molecule has 5 heteroatoms. The highest BCUT2D eigenvalue weighted by Crippen LogP contribution is 2.13. The van der Waals surface area contributed by atoms with Crippen molar-refractivity contribution >= 4 is 17.4 Å². The van der Waals surface area contributed by atoms with Crippen molar-refractivity contribution in [2.24, 2.45) is 0 Å². The van der Waals surface area contributed by atoms with Crippen LogP contribution in [0.25, 0.3) is 0 Å². The molecule has 0 unspecified atom stereocenters. The molecule has 96 valence electrons. The van der Waals surface area contributed by atoms with E-state index in [0.29, 0.717) is 12.5 Å². The van der Waals surface area contributed by atoms with E-state index in [0.717, 1.165) is 37.5 Å². The van der Waals surface area contributed by atoms with Crippen molar-refractivity contribution in [3.8, 4) is 5.88 Å². The van der Waals surface area contributed by atoms with Gasteiger partial charge < -0.3 is 9.64 Å². The molecule has 0 aromatic carbocycles. The number of rotatable bonds is 8. The molecule has 0 spiro atoms. The molecule has 0 fully saturated rings. The van der Waals surface area contributed by atoms with Crippen LogP contribution in [0.3, 0.4) is 0 Å². The van der Waals surface area contributed by atoms with Crippen molar-refractivity contribution in [1.82, 2.24) is 9.97 Å². The number of anilines is 1. The van der Waals surface area contributed by atoms with Gasteiger partial charge in [0.25, 0.3) is 0 Å². The first-order chi connectivity index (χ1) is 8.27. The maximum absolute atomic E-state index is 5.64. The average Bonchev–Trinajstić information content (AvgIpc) is 2.35. The van der Waals surface area contributed by atoms with Crippen molar-refractivity contribution < 1.29 is 4.74 Å². The molecule has 1 heterocycles. The third kappa shape index (κ3) is 5.22. The molecule has 0 aliphatic heterocycles. The summed E-state index contributed by atoms with van der Waals surface area (Å²) in [6, 6.07) is 0. The maximum Gasteiger partial charge on any atom is 0.234 e. The molecule has 4 nitrogen and oxygen atoms in total. The number of hydrogen-bond donors (Lipinski definition) is 0. The van der Waals surface area contributed by atoms with Crippen LogP contribution < -0.4 is 9.64 Å². The molecule has 0 N–H and O–H groups in total. The molecule has 0 saturated carbocycles. The predicted molar refractivity (Wildman–Crippen MR) is 71.0 cm³/mol. The van der Waals surface area contributed by atoms with Gasteiger partial charge in [-0.15, -0.1) is 11.6 Å². The fourth-order valence-electron chi connectivity index (χ4n) is 1.47. The second-order valence-corrected chi connectivity index (χ2v) is 4.20. The van der Waals surface area contributed by atoms with E-state index >= 15 is 0 Å². The molecule has 1 rings (SSSR count). The Kier molecular flexibility index (Phi) is 6.70. The first-order valence-electron chi connectivity index (χ1n) is 6.00. The molecule has 17 heavy (non-hydrogen) atoms. The van der Waals surface area contributed by atoms with Crippen LogP contribution in [0.1, 0.15) is 26.2 Å². The Morgan fingerprint density at radius 2 is 2.12 bits per heavy atom. The maximum atomic E-state index is 5.64. The Bertz CT molecular complexity index is 322. The Morgan fingerprint density at radius 3 is 2.82 bits per heavy atom. The summed E-state index contributed by atoms with van der Waals surface area (Å²) in [5.74, 6) is 2.17. The van der Waals surface area contributed by atoms with Crippen LogP contribution in [0.5, 0.6) is 5.88 Å². The molecule has 0 amide bonds. The second-order valence-electron chi connectivity index (χ2n) is 3.82. The third-order valence-electron chi connectivity index (χ3n) is 2.41. The number of aromatic nitrogens is 2. The van der Waals surface area contributed by atoms with Crippen LogP contribution in [-0.2, 0) is 0 Å². The van der Waals surface area contributed by atoms with E-state index in [1.165, 1.54) is 0 Å². The van der Waals surface area contributed by atoms with Gasteiger partial charge in [-0.2, -0.15) is 4.98 Å². The predicted octanol–water partition coefficient (Wildman–Crippen LogP) is 2.72. The molecular weight excluding hydrogens is 238 g/mol. The molecule has 0 radical (unpaired) electrons. The highest BCUT2D eigenvalue weighted by Gasteiger charge is 2.04. The molecule has 0 atom stereocenters. The number of alkyl halides is 1. The second kappa shape index (κ2) is 8.12. The van der Waals surface area contributed by atoms with Crippen LogP contribution in [0.15, 0.2) is 12.4 Å². The van der Waals surface area contributed by atoms with E-state index < -0.39 is 0 Å². The molecular formula is C12H20ClN3O. The van der Waals surface area contributed by atoms with Gasteiger partial charge in [0.05, 0.1) is 19.0 Å². The molecule has 0 bridgehead atoms. The van der Waals surface area contributed by atoms with E-state index in [-0.39, 0.29) is 0 Å². The van der Waals surface area contributed by atoms with Crippen LogP contribution >= 0.6 is 11.6 Å². The molecule has 0 saturated heterocycles. The van der Waals surface area contributed by atoms with Crippen LogP contribution in [0.2, 0.25) is 0 Å². The van der Waals surface area contributed by atoms with Crippen LogP contribution in [0, 0.1) is 0 Å². The fourth-order valence-corrected chi connectivity index (χ4v) is 1.66. The third-order valence-corrected chi connectivity index (χ3v) is 2.68. The highest BCUT2D eigenvalue weighted by molar-refractivity contribution is 6.17. The van der Waals surface area contributed by atoms with Crippen molar-refractivity contribution in [1.29, 1.82) is 0 Å². The van der Waals surface area contributed by atoms with Gasteiger partial charge in [0.2, 0.25) is 5.88 Å². The Hall–Kier alpha value is -1.03. The zero-order valence-electron chi connectivity index (χ0n) is 10.5. The summed E-state index contributed by atoms with van der Waals surface area (Å²) in [6.07, 6.45) is 6.72. The first kappa shape index (κ1) is 14.0. The average molecular weight is 258 g/mol. The summed E-state index contributed by atoms with van der Waals surface area (Å²) < 4.78 is 5.32. The van der Waals surface area contributed by atoms with Gasteiger partial charge in [0, 0.05) is 19.5 Å². The lowest BCUT2D eigenvalue weighted by molar-refractivity contribution is 0.325. The topological polar surface area (TPSA) is 38.2 Å². The van der Waals surface area contributed by atoms with Crippen LogP contribution in [-0.4, -0.2) is 36.0 Å². The normalized spacial score (nSPS) is 10.3. The minimum Gasteiger partial charge on any atom is -0.477 e. The zero-order valence-corrected chi connectivity index (χ0v) is 11.3. The standard InChI is InChI=1S/C12H20ClN3O/c1-3-17-12-10-14-9-11(15-12)16(2)8-6-4-5-7-13/h9-10H,3-8H2,1-2H3. The number of ether oxygens (including phenoxy) is 1. The van der Waals surface area contributed by atoms with E-state index in [4.69, 9.17) is 16.3 Å². The number of halogens is 1. The Balaban J connectivity index is 2.44. The SMILES string of the molecule is CCOc1cncc(N(C)CCCCCCl)n1. The monoisotopic (exact) mass is 257 g/mol. The van der Waals surface area contributed by atoms with Gasteiger partial charge in [-0.05, 0) is 19.8 Å². The number of nitrogens with zero attached hydrogens (tertiary/aromatic N) is 3. The van der Waals surface area contributed by atoms with Crippen LogP contribution in [0.4, 0.5) is 5.82 Å². The highest BCUT2D eigenvalue weighted by atomic mass is 35.5. The van der Waals surface area contributed by atoms with E-state index in [9.17, 15) is 0 Å². The molecule has 1 aromatic heterocycles. The summed E-state index contributed by atoms with van der Waals surface area (Å²) in [6.45, 7) is 3.50. The minimum absolute atomic E-state index is 0.581. The summed E-state index contributed by atoms with van der Waals surface area (Å²) in [7, 11) is 2.01. The van der Waals surface area contributed by atoms with Gasteiger partial charge >= 0.3 is 0 Å². The van der Waals surface area contributed by atoms with Crippen molar-refractivity contribution in [3.63, 3.8) is 0 Å². The number of unbranched alkanes of at least 4 members (excludes halogenated alkanes) is 2. The zero-order chi connectivity index (χ0) is 12.5. The Morgan fingerprint density at radius 1 is 1.29 bits per heavy atom. The smallest absolute Gasteiger partial charge is 0.234 e. The Labute approximate surface area is 108 Å². The summed E-state index contributed by atoms with van der Waals surface area (Å²) in [4.78, 5) is 10.6. The molecule has 1 aromatic rings. The van der Waals surface area contributed by atoms with E-state index in [1.807, 2.05) is 14.0 Å². The lowest BCUT2D eigenvalue weighted by Gasteiger charge is -2.17. The van der Waals surface area contributed by atoms with Gasteiger partial charge in [0.15, 0.2) is 5.82 Å². The first-order valence-corrected chi connectivity index (χ1v) is 6.53. The van der Waals surface area contributed by atoms with E-state index in [1.54, 1.807) is 12.4 Å². The summed E-state index contributed by atoms with van der Waals surface area (Å²) in [5, 5.41) is 0. The van der Waals surface area contributed by atoms with Gasteiger partial charge in [-0.3, -0.25) is 4.98 Å². The lowest BCUT2D eigenvalue weighted by atomic mass is 10.2. The minimum atomic E-state index is 0.581. The fraction of sp³-hybridized carbons (Fsp3) is 0.667. The van der Waals surface area contributed by atoms with Crippen molar-refractivity contribution in [2.45, 2.75) is 26.2 Å². The van der Waals surface area contributed by atoms with Crippen molar-refractivity contribution in [2.75, 3.05) is 31.0 Å². The largest absolute Gasteiger partial charge is 0.477 e. The molecule has 0 aliphatic carbocycles. The van der Waals surface area contributed by atoms with Gasteiger partial charge in [-0.1, -0.05) is 6.42 Å². The molecule has 0 aliphatic rings. The van der Waals surface area contributed by atoms with E-state index in [2.05, 4.69) is 14.9 Å².